The molecule has 4 N–H and O–H groups in total. The lowest BCUT2D eigenvalue weighted by molar-refractivity contribution is 0.0724. The number of benzene rings is 2. The molecule has 0 aliphatic heterocycles. The maximum Gasteiger partial charge on any atom is 0.252 e. The van der Waals surface area contributed by atoms with E-state index < -0.39 is 5.54 Å². The van der Waals surface area contributed by atoms with Gasteiger partial charge in [0, 0.05) is 23.7 Å². The zero-order valence-corrected chi connectivity index (χ0v) is 21.8. The van der Waals surface area contributed by atoms with Gasteiger partial charge in [0.05, 0.1) is 18.8 Å². The molecule has 1 aliphatic rings. The van der Waals surface area contributed by atoms with E-state index >= 15 is 0 Å². The molecular weight excluding hydrogens is 448 g/mol. The third-order valence-electron chi connectivity index (χ3n) is 6.90. The van der Waals surface area contributed by atoms with Gasteiger partial charge in [0.1, 0.15) is 0 Å². The number of hydrogen-bond acceptors (Lipinski definition) is 4. The van der Waals surface area contributed by atoms with E-state index in [9.17, 15) is 4.79 Å². The molecule has 1 fully saturated rings. The fourth-order valence-corrected chi connectivity index (χ4v) is 4.81. The lowest BCUT2D eigenvalue weighted by Gasteiger charge is -2.30. The van der Waals surface area contributed by atoms with Gasteiger partial charge in [-0.2, -0.15) is 0 Å². The van der Waals surface area contributed by atoms with Crippen molar-refractivity contribution in [3.05, 3.63) is 83.9 Å². The number of fused-ring (bicyclic) bond motifs is 1. The van der Waals surface area contributed by atoms with Crippen molar-refractivity contribution in [3.63, 3.8) is 0 Å². The van der Waals surface area contributed by atoms with Crippen LogP contribution in [-0.2, 0) is 6.42 Å². The Kier molecular flexibility index (Phi) is 10.3. The van der Waals surface area contributed by atoms with Crippen LogP contribution in [0.15, 0.2) is 60.7 Å². The summed E-state index contributed by atoms with van der Waals surface area (Å²) in [5.74, 6) is 0.534. The van der Waals surface area contributed by atoms with Crippen LogP contribution in [0.4, 0.5) is 0 Å². The average Bonchev–Trinajstić information content (AvgIpc) is 2.89. The van der Waals surface area contributed by atoms with Gasteiger partial charge in [-0.25, -0.2) is 0 Å². The minimum absolute atomic E-state index is 0.322. The van der Waals surface area contributed by atoms with E-state index in [0.29, 0.717) is 11.6 Å². The normalized spacial score (nSPS) is 18.5. The highest BCUT2D eigenvalue weighted by Crippen LogP contribution is 2.25. The van der Waals surface area contributed by atoms with Crippen molar-refractivity contribution in [2.45, 2.75) is 70.5 Å². The van der Waals surface area contributed by atoms with E-state index in [1.165, 1.54) is 48.1 Å². The Morgan fingerprint density at radius 2 is 1.83 bits per heavy atom. The fourth-order valence-electron chi connectivity index (χ4n) is 4.81. The highest BCUT2D eigenvalue weighted by atomic mass is 16.3. The second-order valence-corrected chi connectivity index (χ2v) is 10.4. The number of amides is 1. The topological polar surface area (TPSA) is 81.6 Å². The van der Waals surface area contributed by atoms with Crippen LogP contribution in [0.2, 0.25) is 0 Å². The van der Waals surface area contributed by atoms with E-state index in [-0.39, 0.29) is 19.1 Å². The maximum atomic E-state index is 11.6. The number of rotatable bonds is 8. The second-order valence-electron chi connectivity index (χ2n) is 10.4. The first-order valence-electron chi connectivity index (χ1n) is 13.0. The highest BCUT2D eigenvalue weighted by molar-refractivity contribution is 5.94. The van der Waals surface area contributed by atoms with Gasteiger partial charge in [-0.3, -0.25) is 4.79 Å². The summed E-state index contributed by atoms with van der Waals surface area (Å²) in [6.07, 6.45) is 6.62. The summed E-state index contributed by atoms with van der Waals surface area (Å²) in [7, 11) is 0. The lowest BCUT2D eigenvalue weighted by Crippen LogP contribution is -2.51. The molecule has 0 radical (unpaired) electrons. The molecule has 3 atom stereocenters. The molecule has 0 saturated heterocycles. The van der Waals surface area contributed by atoms with Gasteiger partial charge in [-0.1, -0.05) is 74.4 Å². The monoisotopic (exact) mass is 488 g/mol. The summed E-state index contributed by atoms with van der Waals surface area (Å²) in [5.41, 5.74) is 0.884. The Morgan fingerprint density at radius 1 is 1.08 bits per heavy atom. The standard InChI is InChI=1S/C20H27N.C11H13NO3/c1-15-7-5-11-19(13-15)21-16(2)14-18-10-6-9-17-8-3-4-12-20(17)18;1-11(7-13,8-14)12-10(15)9-5-3-2-4-6-9/h3-4,6,8-10,12,15-16,19,21H,5,7,11,13-14H2,1-2H3;3,5-6,13-14H,7-8H2,1H3,(H,12,15). The van der Waals surface area contributed by atoms with Crippen molar-refractivity contribution in [1.82, 2.24) is 10.6 Å². The SMILES string of the molecule is CC(CO)(CO)NC(=O)c1cc#ccc1.CC1CCCC(NC(C)Cc2cccc3ccccc23)C1. The Labute approximate surface area is 215 Å². The molecule has 3 unspecified atom stereocenters. The Hall–Kier alpha value is -2.91. The van der Waals surface area contributed by atoms with Crippen LogP contribution >= 0.6 is 0 Å². The lowest BCUT2D eigenvalue weighted by atomic mass is 9.86. The van der Waals surface area contributed by atoms with E-state index in [2.05, 4.69) is 79.1 Å². The molecule has 0 bridgehead atoms. The molecule has 5 nitrogen and oxygen atoms in total. The number of nitrogens with one attached hydrogen (secondary N) is 2. The first-order chi connectivity index (χ1) is 17.3. The van der Waals surface area contributed by atoms with Crippen LogP contribution in [0, 0.1) is 18.1 Å². The molecule has 0 spiro atoms. The third-order valence-corrected chi connectivity index (χ3v) is 6.90. The Bertz CT molecular complexity index is 1080. The molecule has 0 heterocycles. The largest absolute Gasteiger partial charge is 0.394 e. The summed E-state index contributed by atoms with van der Waals surface area (Å²) in [5, 5.41) is 27.1. The van der Waals surface area contributed by atoms with Gasteiger partial charge in [0.25, 0.3) is 5.91 Å². The number of carbonyl (C=O) groups excluding carboxylic acids is 1. The van der Waals surface area contributed by atoms with Crippen molar-refractivity contribution in [2.24, 2.45) is 5.92 Å². The summed E-state index contributed by atoms with van der Waals surface area (Å²) < 4.78 is 0. The summed E-state index contributed by atoms with van der Waals surface area (Å²) in [4.78, 5) is 11.6. The highest BCUT2D eigenvalue weighted by Gasteiger charge is 2.25. The van der Waals surface area contributed by atoms with Gasteiger partial charge >= 0.3 is 0 Å². The smallest absolute Gasteiger partial charge is 0.252 e. The molecule has 1 aliphatic carbocycles. The van der Waals surface area contributed by atoms with E-state index in [1.54, 1.807) is 19.1 Å². The Balaban J connectivity index is 0.000000214. The number of carbonyl (C=O) groups is 1. The minimum Gasteiger partial charge on any atom is -0.394 e. The molecule has 0 aromatic heterocycles. The van der Waals surface area contributed by atoms with Gasteiger partial charge in [-0.15, -0.1) is 0 Å². The molecular formula is C31H40N2O3. The van der Waals surface area contributed by atoms with Crippen LogP contribution in [0.25, 0.3) is 10.8 Å². The van der Waals surface area contributed by atoms with Crippen molar-refractivity contribution in [1.29, 1.82) is 0 Å². The molecule has 3 aromatic carbocycles. The molecule has 1 saturated carbocycles. The molecule has 1 amide bonds. The third kappa shape index (κ3) is 8.06. The van der Waals surface area contributed by atoms with Crippen LogP contribution in [0.1, 0.15) is 62.4 Å². The fraction of sp³-hybridized carbons (Fsp3) is 0.452. The predicted octanol–water partition coefficient (Wildman–Crippen LogP) is 4.70. The molecule has 4 rings (SSSR count). The van der Waals surface area contributed by atoms with E-state index in [0.717, 1.165) is 18.4 Å². The summed E-state index contributed by atoms with van der Waals surface area (Å²) in [6, 6.07) is 26.6. The summed E-state index contributed by atoms with van der Waals surface area (Å²) >= 11 is 0. The first-order valence-corrected chi connectivity index (χ1v) is 13.0. The average molecular weight is 489 g/mol. The molecule has 3 aromatic rings. The first kappa shape index (κ1) is 27.7. The summed E-state index contributed by atoms with van der Waals surface area (Å²) in [6.45, 7) is 5.64. The maximum absolute atomic E-state index is 11.6. The van der Waals surface area contributed by atoms with E-state index in [4.69, 9.17) is 10.2 Å². The van der Waals surface area contributed by atoms with Crippen LogP contribution < -0.4 is 10.6 Å². The van der Waals surface area contributed by atoms with Crippen molar-refractivity contribution < 1.29 is 15.0 Å². The number of aliphatic hydroxyl groups is 2. The van der Waals surface area contributed by atoms with Crippen LogP contribution in [0.3, 0.4) is 0 Å². The Morgan fingerprint density at radius 3 is 2.53 bits per heavy atom. The van der Waals surface area contributed by atoms with Gasteiger partial charge in [0.15, 0.2) is 0 Å². The zero-order chi connectivity index (χ0) is 26.0. The van der Waals surface area contributed by atoms with Crippen molar-refractivity contribution in [2.75, 3.05) is 13.2 Å². The van der Waals surface area contributed by atoms with Crippen molar-refractivity contribution >= 4 is 16.7 Å². The van der Waals surface area contributed by atoms with Crippen molar-refractivity contribution in [3.8, 4) is 0 Å². The number of aliphatic hydroxyl groups excluding tert-OH is 2. The van der Waals surface area contributed by atoms with Crippen LogP contribution in [0.5, 0.6) is 0 Å². The quantitative estimate of drug-likeness (QED) is 0.371. The van der Waals surface area contributed by atoms with E-state index in [1.807, 2.05) is 0 Å². The van der Waals surface area contributed by atoms with Crippen LogP contribution in [-0.4, -0.2) is 47.0 Å². The van der Waals surface area contributed by atoms with Gasteiger partial charge < -0.3 is 20.8 Å². The van der Waals surface area contributed by atoms with Gasteiger partial charge in [0.2, 0.25) is 0 Å². The molecule has 36 heavy (non-hydrogen) atoms. The minimum atomic E-state index is -1.00. The predicted molar refractivity (Wildman–Crippen MR) is 146 cm³/mol. The second kappa shape index (κ2) is 13.4. The number of hydrogen-bond donors (Lipinski definition) is 4. The zero-order valence-electron chi connectivity index (χ0n) is 21.8. The molecule has 192 valence electrons. The molecule has 5 heteroatoms. The van der Waals surface area contributed by atoms with Gasteiger partial charge in [-0.05, 0) is 67.5 Å².